The van der Waals surface area contributed by atoms with Crippen LogP contribution in [-0.2, 0) is 0 Å². The van der Waals surface area contributed by atoms with Crippen molar-refractivity contribution in [1.29, 1.82) is 0 Å². The molecule has 0 amide bonds. The average molecular weight is 347 g/mol. The van der Waals surface area contributed by atoms with Crippen LogP contribution in [-0.4, -0.2) is 28.0 Å². The first-order chi connectivity index (χ1) is 11.5. The molecule has 0 aliphatic rings. The summed E-state index contributed by atoms with van der Waals surface area (Å²) in [5, 5.41) is 13.8. The number of carboxylic acids is 1. The normalized spacial score (nSPS) is 10.6. The summed E-state index contributed by atoms with van der Waals surface area (Å²) < 4.78 is 20.5. The van der Waals surface area contributed by atoms with Crippen molar-refractivity contribution in [1.82, 2.24) is 9.78 Å². The number of rotatable bonds is 4. The van der Waals surface area contributed by atoms with Gasteiger partial charge < -0.3 is 9.84 Å². The molecule has 0 radical (unpaired) electrons. The van der Waals surface area contributed by atoms with Gasteiger partial charge in [0.15, 0.2) is 17.3 Å². The lowest BCUT2D eigenvalue weighted by atomic mass is 10.1. The van der Waals surface area contributed by atoms with E-state index in [1.54, 1.807) is 30.3 Å². The SMILES string of the molecule is COc1c(F)cccc1-c1cc(C(=O)O)nn1-c1cccc(Cl)c1. The Balaban J connectivity index is 2.28. The van der Waals surface area contributed by atoms with Gasteiger partial charge in [-0.2, -0.15) is 5.10 Å². The van der Waals surface area contributed by atoms with Crippen molar-refractivity contribution in [2.75, 3.05) is 7.11 Å². The average Bonchev–Trinajstić information content (AvgIpc) is 3.00. The van der Waals surface area contributed by atoms with Crippen LogP contribution < -0.4 is 4.74 Å². The van der Waals surface area contributed by atoms with E-state index in [0.717, 1.165) is 0 Å². The molecule has 0 fully saturated rings. The van der Waals surface area contributed by atoms with Crippen molar-refractivity contribution in [3.63, 3.8) is 0 Å². The van der Waals surface area contributed by atoms with E-state index >= 15 is 0 Å². The molecule has 0 atom stereocenters. The van der Waals surface area contributed by atoms with Crippen molar-refractivity contribution < 1.29 is 19.0 Å². The third-order valence-corrected chi connectivity index (χ3v) is 3.66. The lowest BCUT2D eigenvalue weighted by Gasteiger charge is -2.12. The summed E-state index contributed by atoms with van der Waals surface area (Å²) in [6, 6.07) is 12.5. The Labute approximate surface area is 141 Å². The number of para-hydroxylation sites is 1. The second-order valence-corrected chi connectivity index (χ2v) is 5.37. The summed E-state index contributed by atoms with van der Waals surface area (Å²) in [6.45, 7) is 0. The number of carbonyl (C=O) groups is 1. The molecule has 0 aliphatic carbocycles. The maximum absolute atomic E-state index is 14.0. The molecule has 0 aliphatic heterocycles. The summed E-state index contributed by atoms with van der Waals surface area (Å²) in [5.41, 5.74) is 1.15. The van der Waals surface area contributed by atoms with Crippen molar-refractivity contribution in [3.8, 4) is 22.7 Å². The highest BCUT2D eigenvalue weighted by molar-refractivity contribution is 6.30. The molecular formula is C17H12ClFN2O3. The molecule has 2 aromatic carbocycles. The first kappa shape index (κ1) is 16.0. The zero-order chi connectivity index (χ0) is 17.3. The van der Waals surface area contributed by atoms with E-state index in [1.165, 1.54) is 30.0 Å². The molecule has 122 valence electrons. The fourth-order valence-corrected chi connectivity index (χ4v) is 2.58. The highest BCUT2D eigenvalue weighted by atomic mass is 35.5. The number of hydrogen-bond donors (Lipinski definition) is 1. The second-order valence-electron chi connectivity index (χ2n) is 4.93. The molecule has 0 saturated carbocycles. The number of hydrogen-bond acceptors (Lipinski definition) is 3. The number of aromatic carboxylic acids is 1. The van der Waals surface area contributed by atoms with E-state index in [0.29, 0.717) is 22.0 Å². The minimum absolute atomic E-state index is 0.0117. The predicted molar refractivity (Wildman–Crippen MR) is 87.5 cm³/mol. The van der Waals surface area contributed by atoms with Crippen LogP contribution in [0.4, 0.5) is 4.39 Å². The molecule has 5 nitrogen and oxygen atoms in total. The largest absolute Gasteiger partial charge is 0.493 e. The Kier molecular flexibility index (Phi) is 4.22. The zero-order valence-electron chi connectivity index (χ0n) is 12.5. The summed E-state index contributed by atoms with van der Waals surface area (Å²) in [6.07, 6.45) is 0. The Morgan fingerprint density at radius 2 is 2.00 bits per heavy atom. The molecule has 7 heteroatoms. The number of carboxylic acid groups (broad SMARTS) is 1. The van der Waals surface area contributed by atoms with Crippen LogP contribution in [0.15, 0.2) is 48.5 Å². The standard InChI is InChI=1S/C17H12ClFN2O3/c1-24-16-12(6-3-7-13(16)19)15-9-14(17(22)23)20-21(15)11-5-2-4-10(18)8-11/h2-9H,1H3,(H,22,23). The molecule has 0 unspecified atom stereocenters. The van der Waals surface area contributed by atoms with Crippen LogP contribution in [0.3, 0.4) is 0 Å². The van der Waals surface area contributed by atoms with Crippen molar-refractivity contribution in [2.24, 2.45) is 0 Å². The molecule has 3 rings (SSSR count). The van der Waals surface area contributed by atoms with Crippen molar-refractivity contribution in [2.45, 2.75) is 0 Å². The number of aromatic nitrogens is 2. The minimum Gasteiger partial charge on any atom is -0.493 e. The van der Waals surface area contributed by atoms with Gasteiger partial charge in [-0.25, -0.2) is 13.9 Å². The van der Waals surface area contributed by atoms with Crippen LogP contribution in [0, 0.1) is 5.82 Å². The van der Waals surface area contributed by atoms with Crippen LogP contribution in [0.1, 0.15) is 10.5 Å². The molecule has 0 saturated heterocycles. The Hall–Kier alpha value is -2.86. The maximum Gasteiger partial charge on any atom is 0.356 e. The quantitative estimate of drug-likeness (QED) is 0.774. The Bertz CT molecular complexity index is 924. The molecule has 24 heavy (non-hydrogen) atoms. The number of ether oxygens (including phenoxy) is 1. The van der Waals surface area contributed by atoms with Gasteiger partial charge in [-0.3, -0.25) is 0 Å². The topological polar surface area (TPSA) is 64.3 Å². The monoisotopic (exact) mass is 346 g/mol. The summed E-state index contributed by atoms with van der Waals surface area (Å²) in [5.74, 6) is -1.73. The summed E-state index contributed by atoms with van der Waals surface area (Å²) >= 11 is 6.00. The lowest BCUT2D eigenvalue weighted by Crippen LogP contribution is -2.03. The molecule has 1 aromatic heterocycles. The molecule has 3 aromatic rings. The van der Waals surface area contributed by atoms with Crippen molar-refractivity contribution in [3.05, 3.63) is 65.1 Å². The summed E-state index contributed by atoms with van der Waals surface area (Å²) in [4.78, 5) is 11.3. The van der Waals surface area contributed by atoms with Gasteiger partial charge in [0.05, 0.1) is 18.5 Å². The highest BCUT2D eigenvalue weighted by Gasteiger charge is 2.20. The van der Waals surface area contributed by atoms with Crippen LogP contribution >= 0.6 is 11.6 Å². The van der Waals surface area contributed by atoms with Gasteiger partial charge in [0.2, 0.25) is 0 Å². The van der Waals surface area contributed by atoms with E-state index in [2.05, 4.69) is 5.10 Å². The fraction of sp³-hybridized carbons (Fsp3) is 0.0588. The van der Waals surface area contributed by atoms with Crippen LogP contribution in [0.2, 0.25) is 5.02 Å². The van der Waals surface area contributed by atoms with Gasteiger partial charge in [-0.1, -0.05) is 23.7 Å². The van der Waals surface area contributed by atoms with E-state index in [-0.39, 0.29) is 11.4 Å². The van der Waals surface area contributed by atoms with Gasteiger partial charge in [-0.05, 0) is 36.4 Å². The van der Waals surface area contributed by atoms with E-state index < -0.39 is 11.8 Å². The fourth-order valence-electron chi connectivity index (χ4n) is 2.40. The van der Waals surface area contributed by atoms with Gasteiger partial charge in [0.1, 0.15) is 0 Å². The molecule has 1 heterocycles. The molecule has 1 N–H and O–H groups in total. The molecule has 0 spiro atoms. The first-order valence-electron chi connectivity index (χ1n) is 6.93. The molecular weight excluding hydrogens is 335 g/mol. The summed E-state index contributed by atoms with van der Waals surface area (Å²) in [7, 11) is 1.35. The lowest BCUT2D eigenvalue weighted by molar-refractivity contribution is 0.0690. The van der Waals surface area contributed by atoms with Crippen LogP contribution in [0.5, 0.6) is 5.75 Å². The van der Waals surface area contributed by atoms with Gasteiger partial charge in [0, 0.05) is 10.6 Å². The van der Waals surface area contributed by atoms with Crippen LogP contribution in [0.25, 0.3) is 16.9 Å². The third-order valence-electron chi connectivity index (χ3n) is 3.43. The van der Waals surface area contributed by atoms with Gasteiger partial charge >= 0.3 is 5.97 Å². The minimum atomic E-state index is -1.19. The maximum atomic E-state index is 14.0. The first-order valence-corrected chi connectivity index (χ1v) is 7.31. The zero-order valence-corrected chi connectivity index (χ0v) is 13.3. The Morgan fingerprint density at radius 3 is 2.67 bits per heavy atom. The predicted octanol–water partition coefficient (Wildman–Crippen LogP) is 4.04. The number of methoxy groups -OCH3 is 1. The van der Waals surface area contributed by atoms with Crippen molar-refractivity contribution >= 4 is 17.6 Å². The highest BCUT2D eigenvalue weighted by Crippen LogP contribution is 2.34. The number of nitrogens with zero attached hydrogens (tertiary/aromatic N) is 2. The molecule has 0 bridgehead atoms. The van der Waals surface area contributed by atoms with Gasteiger partial charge in [0.25, 0.3) is 0 Å². The van der Waals surface area contributed by atoms with E-state index in [1.807, 2.05) is 0 Å². The number of halogens is 2. The van der Waals surface area contributed by atoms with Gasteiger partial charge in [-0.15, -0.1) is 0 Å². The number of benzene rings is 2. The van der Waals surface area contributed by atoms with E-state index in [4.69, 9.17) is 16.3 Å². The third kappa shape index (κ3) is 2.83. The Morgan fingerprint density at radius 1 is 1.25 bits per heavy atom. The van der Waals surface area contributed by atoms with E-state index in [9.17, 15) is 14.3 Å². The smallest absolute Gasteiger partial charge is 0.356 e. The second kappa shape index (κ2) is 6.33.